The summed E-state index contributed by atoms with van der Waals surface area (Å²) in [6.45, 7) is 21.0. The Labute approximate surface area is 214 Å². The van der Waals surface area contributed by atoms with Crippen molar-refractivity contribution in [2.24, 2.45) is 16.6 Å². The molecule has 0 aliphatic heterocycles. The highest BCUT2D eigenvalue weighted by Gasteiger charge is 2.25. The van der Waals surface area contributed by atoms with Crippen molar-refractivity contribution in [2.45, 2.75) is 98.8 Å². The van der Waals surface area contributed by atoms with Crippen molar-refractivity contribution in [3.63, 3.8) is 0 Å². The molecule has 4 N–H and O–H groups in total. The number of aromatic nitrogens is 3. The van der Waals surface area contributed by atoms with Crippen LogP contribution in [0.5, 0.6) is 0 Å². The fourth-order valence-corrected chi connectivity index (χ4v) is 5.30. The first-order valence-corrected chi connectivity index (χ1v) is 13.1. The van der Waals surface area contributed by atoms with Gasteiger partial charge in [0.1, 0.15) is 15.9 Å². The van der Waals surface area contributed by atoms with Gasteiger partial charge in [-0.05, 0) is 52.4 Å². The van der Waals surface area contributed by atoms with Crippen LogP contribution in [-0.2, 0) is 6.42 Å². The molecule has 1 fully saturated rings. The summed E-state index contributed by atoms with van der Waals surface area (Å²) >= 11 is 3.58. The maximum absolute atomic E-state index is 9.51. The van der Waals surface area contributed by atoms with Crippen LogP contribution in [0.1, 0.15) is 104 Å². The molecule has 0 saturated heterocycles. The zero-order chi connectivity index (χ0) is 25.7. The number of allylic oxidation sites excluding steroid dienone is 2. The fraction of sp³-hybridized carbons (Fsp3) is 0.630. The second kappa shape index (κ2) is 11.7. The predicted octanol–water partition coefficient (Wildman–Crippen LogP) is 7.77. The Kier molecular flexibility index (Phi) is 9.78. The second-order valence-corrected chi connectivity index (χ2v) is 12.8. The normalized spacial score (nSPS) is 15.1. The zero-order valence-corrected chi connectivity index (χ0v) is 23.6. The number of hydrogen-bond donors (Lipinski definition) is 3. The van der Waals surface area contributed by atoms with Gasteiger partial charge in [-0.1, -0.05) is 79.5 Å². The summed E-state index contributed by atoms with van der Waals surface area (Å²) in [6, 6.07) is 0. The van der Waals surface area contributed by atoms with Gasteiger partial charge >= 0.3 is 0 Å². The lowest BCUT2D eigenvalue weighted by Crippen LogP contribution is -2.13. The number of anilines is 1. The van der Waals surface area contributed by atoms with Crippen LogP contribution in [-0.4, -0.2) is 19.6 Å². The van der Waals surface area contributed by atoms with E-state index in [9.17, 15) is 5.21 Å². The first-order chi connectivity index (χ1) is 15.7. The van der Waals surface area contributed by atoms with Gasteiger partial charge in [0.15, 0.2) is 5.82 Å². The van der Waals surface area contributed by atoms with Crippen molar-refractivity contribution in [1.29, 1.82) is 0 Å². The first-order valence-electron chi connectivity index (χ1n) is 12.3. The van der Waals surface area contributed by atoms with Crippen LogP contribution in [0.3, 0.4) is 0 Å². The third kappa shape index (κ3) is 8.42. The van der Waals surface area contributed by atoms with E-state index in [-0.39, 0.29) is 5.41 Å². The average Bonchev–Trinajstić information content (AvgIpc) is 3.04. The van der Waals surface area contributed by atoms with Crippen molar-refractivity contribution in [3.05, 3.63) is 46.7 Å². The van der Waals surface area contributed by atoms with Crippen molar-refractivity contribution < 1.29 is 5.21 Å². The molecule has 2 heterocycles. The van der Waals surface area contributed by atoms with E-state index in [4.69, 9.17) is 10.7 Å². The van der Waals surface area contributed by atoms with Crippen LogP contribution in [0.15, 0.2) is 35.2 Å². The highest BCUT2D eigenvalue weighted by molar-refractivity contribution is 9.10. The minimum atomic E-state index is 0.206. The SMILES string of the molecule is C=C(Cc1cnc(NO)c2c(Br)nc(C3CCCCC3)n12)CC(C)(C)C.C=C(N)CC(C)(C)C. The molecule has 6 nitrogen and oxygen atoms in total. The van der Waals surface area contributed by atoms with Gasteiger partial charge in [-0.3, -0.25) is 15.1 Å². The number of halogens is 1. The van der Waals surface area contributed by atoms with Crippen LogP contribution in [0, 0.1) is 10.8 Å². The predicted molar refractivity (Wildman–Crippen MR) is 146 cm³/mol. The number of nitrogens with zero attached hydrogens (tertiary/aromatic N) is 3. The number of nitrogens with two attached hydrogens (primary N) is 1. The lowest BCUT2D eigenvalue weighted by Gasteiger charge is -2.23. The molecule has 7 heteroatoms. The maximum atomic E-state index is 9.51. The highest BCUT2D eigenvalue weighted by Crippen LogP contribution is 2.37. The van der Waals surface area contributed by atoms with Gasteiger partial charge in [-0.15, -0.1) is 0 Å². The van der Waals surface area contributed by atoms with Crippen molar-refractivity contribution >= 4 is 27.3 Å². The number of imidazole rings is 1. The molecule has 34 heavy (non-hydrogen) atoms. The fourth-order valence-electron chi connectivity index (χ4n) is 4.75. The van der Waals surface area contributed by atoms with E-state index >= 15 is 0 Å². The third-order valence-electron chi connectivity index (χ3n) is 5.76. The average molecular weight is 535 g/mol. The number of hydrogen-bond acceptors (Lipinski definition) is 5. The minimum absolute atomic E-state index is 0.206. The van der Waals surface area contributed by atoms with Gasteiger partial charge < -0.3 is 5.73 Å². The third-order valence-corrected chi connectivity index (χ3v) is 6.31. The lowest BCUT2D eigenvalue weighted by atomic mass is 9.87. The van der Waals surface area contributed by atoms with Crippen LogP contribution in [0.2, 0.25) is 0 Å². The molecule has 0 amide bonds. The van der Waals surface area contributed by atoms with E-state index in [1.165, 1.54) is 24.8 Å². The Balaban J connectivity index is 0.000000440. The van der Waals surface area contributed by atoms with Gasteiger partial charge in [0.2, 0.25) is 0 Å². The molecule has 2 aromatic heterocycles. The summed E-state index contributed by atoms with van der Waals surface area (Å²) < 4.78 is 2.91. The molecule has 0 bridgehead atoms. The molecular weight excluding hydrogens is 490 g/mol. The molecule has 0 spiro atoms. The molecule has 1 saturated carbocycles. The second-order valence-electron chi connectivity index (χ2n) is 12.0. The summed E-state index contributed by atoms with van der Waals surface area (Å²) in [4.78, 5) is 9.22. The Bertz CT molecular complexity index is 991. The van der Waals surface area contributed by atoms with E-state index in [0.29, 0.717) is 17.2 Å². The van der Waals surface area contributed by atoms with Crippen molar-refractivity contribution in [3.8, 4) is 0 Å². The molecule has 1 aliphatic carbocycles. The topological polar surface area (TPSA) is 88.5 Å². The van der Waals surface area contributed by atoms with Gasteiger partial charge in [0.25, 0.3) is 0 Å². The molecule has 0 radical (unpaired) electrons. The van der Waals surface area contributed by atoms with Gasteiger partial charge in [0.05, 0.1) is 0 Å². The lowest BCUT2D eigenvalue weighted by molar-refractivity contribution is 0.386. The van der Waals surface area contributed by atoms with Crippen LogP contribution >= 0.6 is 15.9 Å². The Morgan fingerprint density at radius 2 is 1.71 bits per heavy atom. The monoisotopic (exact) mass is 533 g/mol. The van der Waals surface area contributed by atoms with E-state index in [1.54, 1.807) is 0 Å². The molecule has 3 rings (SSSR count). The van der Waals surface area contributed by atoms with Crippen molar-refractivity contribution in [1.82, 2.24) is 14.4 Å². The number of fused-ring (bicyclic) bond motifs is 1. The summed E-state index contributed by atoms with van der Waals surface area (Å²) in [5.41, 5.74) is 11.9. The molecule has 1 aliphatic rings. The molecule has 190 valence electrons. The summed E-state index contributed by atoms with van der Waals surface area (Å²) in [5, 5.41) is 9.51. The highest BCUT2D eigenvalue weighted by atomic mass is 79.9. The molecule has 0 aromatic carbocycles. The summed E-state index contributed by atoms with van der Waals surface area (Å²) in [7, 11) is 0. The van der Waals surface area contributed by atoms with E-state index in [2.05, 4.69) is 85.5 Å². The summed E-state index contributed by atoms with van der Waals surface area (Å²) in [6.07, 6.45) is 10.6. The number of rotatable bonds is 6. The van der Waals surface area contributed by atoms with Crippen molar-refractivity contribution in [2.75, 3.05) is 5.48 Å². The van der Waals surface area contributed by atoms with Gasteiger partial charge in [-0.25, -0.2) is 9.97 Å². The van der Waals surface area contributed by atoms with E-state index in [1.807, 2.05) is 6.20 Å². The Morgan fingerprint density at radius 1 is 1.12 bits per heavy atom. The number of nitrogens with one attached hydrogen (secondary N) is 1. The van der Waals surface area contributed by atoms with Gasteiger partial charge in [0, 0.05) is 29.9 Å². The molecule has 0 atom stereocenters. The van der Waals surface area contributed by atoms with Crippen LogP contribution in [0.25, 0.3) is 5.52 Å². The van der Waals surface area contributed by atoms with E-state index < -0.39 is 0 Å². The molecule has 2 aromatic rings. The first kappa shape index (κ1) is 28.4. The zero-order valence-electron chi connectivity index (χ0n) is 22.0. The minimum Gasteiger partial charge on any atom is -0.402 e. The van der Waals surface area contributed by atoms with E-state index in [0.717, 1.165) is 59.4 Å². The largest absolute Gasteiger partial charge is 0.402 e. The summed E-state index contributed by atoms with van der Waals surface area (Å²) in [5.74, 6) is 1.95. The Hall–Kier alpha value is -1.86. The molecular formula is C27H44BrN5O. The standard InChI is InChI=1S/C20H29BrN4O.C7H15N/c1-13(11-20(2,3)4)10-15-12-22-18(24-26)16-17(21)23-19(25(15)16)14-8-6-5-7-9-14;1-6(8)5-7(2,3)4/h12,14,26H,1,5-11H2,2-4H3,(H,22,24);1,5,8H2,2-4H3. The van der Waals surface area contributed by atoms with Gasteiger partial charge in [-0.2, -0.15) is 0 Å². The quantitative estimate of drug-likeness (QED) is 0.260. The van der Waals surface area contributed by atoms with Crippen LogP contribution in [0.4, 0.5) is 5.82 Å². The Morgan fingerprint density at radius 3 is 2.18 bits per heavy atom. The maximum Gasteiger partial charge on any atom is 0.177 e. The molecule has 0 unspecified atom stereocenters. The van der Waals surface area contributed by atoms with Crippen LogP contribution < -0.4 is 11.2 Å². The smallest absolute Gasteiger partial charge is 0.177 e.